The predicted molar refractivity (Wildman–Crippen MR) is 101 cm³/mol. The van der Waals surface area contributed by atoms with E-state index in [1.165, 1.54) is 11.1 Å². The second-order valence-corrected chi connectivity index (χ2v) is 6.94. The van der Waals surface area contributed by atoms with E-state index in [1.54, 1.807) is 11.2 Å². The third-order valence-electron chi connectivity index (χ3n) is 4.57. The quantitative estimate of drug-likeness (QED) is 0.795. The van der Waals surface area contributed by atoms with Crippen LogP contribution in [0.25, 0.3) is 0 Å². The van der Waals surface area contributed by atoms with E-state index in [0.29, 0.717) is 6.54 Å². The summed E-state index contributed by atoms with van der Waals surface area (Å²) in [6.07, 6.45) is 1.61. The second-order valence-electron chi connectivity index (χ2n) is 6.94. The molecule has 1 atom stereocenters. The van der Waals surface area contributed by atoms with Gasteiger partial charge in [0.25, 0.3) is 5.91 Å². The molecule has 0 saturated carbocycles. The van der Waals surface area contributed by atoms with Crippen LogP contribution in [0.3, 0.4) is 0 Å². The molecule has 1 aliphatic heterocycles. The van der Waals surface area contributed by atoms with Crippen molar-refractivity contribution in [1.29, 1.82) is 0 Å². The zero-order valence-corrected chi connectivity index (χ0v) is 15.3. The highest BCUT2D eigenvalue weighted by molar-refractivity contribution is 5.84. The van der Waals surface area contributed by atoms with Crippen molar-refractivity contribution in [1.82, 2.24) is 9.91 Å². The normalized spacial score (nSPS) is 18.7. The largest absolute Gasteiger partial charge is 0.271 e. The van der Waals surface area contributed by atoms with Crippen molar-refractivity contribution in [2.75, 3.05) is 6.54 Å². The van der Waals surface area contributed by atoms with Gasteiger partial charge in [0.15, 0.2) is 0 Å². The number of carbonyl (C=O) groups is 1. The summed E-state index contributed by atoms with van der Waals surface area (Å²) in [5.74, 6) is 0.0302. The van der Waals surface area contributed by atoms with Gasteiger partial charge in [-0.15, -0.1) is 0 Å². The zero-order valence-electron chi connectivity index (χ0n) is 15.3. The van der Waals surface area contributed by atoms with Gasteiger partial charge in [-0.25, -0.2) is 5.01 Å². The molecule has 3 rings (SSSR count). The van der Waals surface area contributed by atoms with Gasteiger partial charge in [0.2, 0.25) is 0 Å². The summed E-state index contributed by atoms with van der Waals surface area (Å²) < 4.78 is 0. The average molecular weight is 335 g/mol. The van der Waals surface area contributed by atoms with Gasteiger partial charge in [0.05, 0.1) is 12.8 Å². The van der Waals surface area contributed by atoms with Gasteiger partial charge in [-0.1, -0.05) is 59.7 Å². The molecule has 0 bridgehead atoms. The minimum atomic E-state index is -0.158. The van der Waals surface area contributed by atoms with Crippen molar-refractivity contribution < 1.29 is 4.79 Å². The number of aryl methyl sites for hydroxylation is 2. The number of hydrogen-bond donors (Lipinski definition) is 0. The number of benzene rings is 2. The Balaban J connectivity index is 1.92. The van der Waals surface area contributed by atoms with Crippen LogP contribution in [0, 0.1) is 13.8 Å². The molecule has 4 heteroatoms. The van der Waals surface area contributed by atoms with Gasteiger partial charge in [0.1, 0.15) is 6.17 Å². The van der Waals surface area contributed by atoms with Gasteiger partial charge >= 0.3 is 0 Å². The van der Waals surface area contributed by atoms with Gasteiger partial charge in [0, 0.05) is 6.04 Å². The molecular weight excluding hydrogens is 310 g/mol. The maximum atomic E-state index is 12.6. The molecular formula is C21H25N3O. The van der Waals surface area contributed by atoms with Crippen molar-refractivity contribution >= 4 is 12.1 Å². The van der Waals surface area contributed by atoms with Crippen molar-refractivity contribution in [3.05, 3.63) is 70.8 Å². The van der Waals surface area contributed by atoms with Gasteiger partial charge in [-0.2, -0.15) is 5.10 Å². The molecule has 1 fully saturated rings. The first kappa shape index (κ1) is 17.4. The fourth-order valence-corrected chi connectivity index (χ4v) is 3.04. The Morgan fingerprint density at radius 3 is 2.12 bits per heavy atom. The minimum absolute atomic E-state index is 0.0302. The summed E-state index contributed by atoms with van der Waals surface area (Å²) in [5.41, 5.74) is 4.49. The summed E-state index contributed by atoms with van der Waals surface area (Å²) in [4.78, 5) is 14.8. The second kappa shape index (κ2) is 7.19. The van der Waals surface area contributed by atoms with Gasteiger partial charge < -0.3 is 0 Å². The minimum Gasteiger partial charge on any atom is -0.271 e. The summed E-state index contributed by atoms with van der Waals surface area (Å²) in [6.45, 7) is 8.74. The van der Waals surface area contributed by atoms with E-state index in [1.807, 2.05) is 24.3 Å². The first-order chi connectivity index (χ1) is 12.0. The molecule has 0 spiro atoms. The van der Waals surface area contributed by atoms with Crippen molar-refractivity contribution in [2.24, 2.45) is 5.10 Å². The summed E-state index contributed by atoms with van der Waals surface area (Å²) in [7, 11) is 0. The molecule has 0 aliphatic carbocycles. The molecule has 0 radical (unpaired) electrons. The highest BCUT2D eigenvalue weighted by Gasteiger charge is 2.40. The Morgan fingerprint density at radius 1 is 1.00 bits per heavy atom. The lowest BCUT2D eigenvalue weighted by Gasteiger charge is -2.30. The summed E-state index contributed by atoms with van der Waals surface area (Å²) in [5, 5.41) is 6.15. The highest BCUT2D eigenvalue weighted by Crippen LogP contribution is 2.32. The van der Waals surface area contributed by atoms with Crippen LogP contribution in [0.15, 0.2) is 53.6 Å². The molecule has 0 N–H and O–H groups in total. The molecule has 1 saturated heterocycles. The van der Waals surface area contributed by atoms with E-state index in [0.717, 1.165) is 11.1 Å². The van der Waals surface area contributed by atoms with E-state index >= 15 is 0 Å². The molecule has 0 aromatic heterocycles. The van der Waals surface area contributed by atoms with Gasteiger partial charge in [-0.3, -0.25) is 9.69 Å². The Morgan fingerprint density at radius 2 is 1.56 bits per heavy atom. The highest BCUT2D eigenvalue weighted by atomic mass is 16.2. The lowest BCUT2D eigenvalue weighted by molar-refractivity contribution is -0.128. The Kier molecular flexibility index (Phi) is 5.00. The monoisotopic (exact) mass is 335 g/mol. The van der Waals surface area contributed by atoms with Gasteiger partial charge in [-0.05, 0) is 38.8 Å². The zero-order chi connectivity index (χ0) is 18.0. The van der Waals surface area contributed by atoms with Crippen LogP contribution in [0.5, 0.6) is 0 Å². The topological polar surface area (TPSA) is 35.9 Å². The van der Waals surface area contributed by atoms with E-state index in [-0.39, 0.29) is 18.1 Å². The number of nitrogens with zero attached hydrogens (tertiary/aromatic N) is 3. The van der Waals surface area contributed by atoms with Crippen LogP contribution < -0.4 is 0 Å². The van der Waals surface area contributed by atoms with Crippen LogP contribution in [0.1, 0.15) is 42.3 Å². The van der Waals surface area contributed by atoms with E-state index in [2.05, 4.69) is 62.0 Å². The number of rotatable bonds is 4. The number of hydrogen-bond acceptors (Lipinski definition) is 3. The number of amides is 1. The fraction of sp³-hybridized carbons (Fsp3) is 0.333. The molecule has 25 heavy (non-hydrogen) atoms. The standard InChI is InChI=1S/C21H25N3O/c1-15(2)23-14-20(25)24(21(23)19-11-7-17(4)8-12-19)22-13-18-9-5-16(3)6-10-18/h5-13,15,21H,14H2,1-4H3/b22-13-/t21-/m0/s1. The van der Waals surface area contributed by atoms with Crippen LogP contribution in [0.2, 0.25) is 0 Å². The number of carbonyl (C=O) groups excluding carboxylic acids is 1. The lowest BCUT2D eigenvalue weighted by atomic mass is 10.1. The van der Waals surface area contributed by atoms with Crippen LogP contribution in [-0.2, 0) is 4.79 Å². The maximum absolute atomic E-state index is 12.6. The average Bonchev–Trinajstić information content (AvgIpc) is 2.92. The van der Waals surface area contributed by atoms with E-state index in [9.17, 15) is 4.79 Å². The molecule has 1 heterocycles. The first-order valence-electron chi connectivity index (χ1n) is 8.71. The molecule has 1 amide bonds. The Bertz CT molecular complexity index is 763. The first-order valence-corrected chi connectivity index (χ1v) is 8.71. The van der Waals surface area contributed by atoms with Crippen molar-refractivity contribution in [3.63, 3.8) is 0 Å². The smallest absolute Gasteiger partial charge is 0.258 e. The fourth-order valence-electron chi connectivity index (χ4n) is 3.04. The third-order valence-corrected chi connectivity index (χ3v) is 4.57. The van der Waals surface area contributed by atoms with Crippen LogP contribution >= 0.6 is 0 Å². The molecule has 2 aromatic carbocycles. The molecule has 2 aromatic rings. The lowest BCUT2D eigenvalue weighted by Crippen LogP contribution is -2.33. The molecule has 4 nitrogen and oxygen atoms in total. The predicted octanol–water partition coefficient (Wildman–Crippen LogP) is 3.89. The van der Waals surface area contributed by atoms with E-state index in [4.69, 9.17) is 0 Å². The van der Waals surface area contributed by atoms with Crippen molar-refractivity contribution in [3.8, 4) is 0 Å². The van der Waals surface area contributed by atoms with Crippen molar-refractivity contribution in [2.45, 2.75) is 39.9 Å². The number of hydrazone groups is 1. The summed E-state index contributed by atoms with van der Waals surface area (Å²) in [6, 6.07) is 16.7. The summed E-state index contributed by atoms with van der Waals surface area (Å²) >= 11 is 0. The Labute approximate surface area is 149 Å². The third kappa shape index (κ3) is 3.80. The maximum Gasteiger partial charge on any atom is 0.258 e. The Hall–Kier alpha value is -2.46. The molecule has 0 unspecified atom stereocenters. The van der Waals surface area contributed by atoms with Crippen LogP contribution in [0.4, 0.5) is 0 Å². The SMILES string of the molecule is Cc1ccc(/C=N\N2C(=O)CN(C(C)C)[C@@H]2c2ccc(C)cc2)cc1. The molecule has 1 aliphatic rings. The van der Waals surface area contributed by atoms with Crippen LogP contribution in [-0.4, -0.2) is 34.6 Å². The van der Waals surface area contributed by atoms with E-state index < -0.39 is 0 Å². The molecule has 130 valence electrons.